The Morgan fingerprint density at radius 2 is 1.06 bits per heavy atom. The van der Waals surface area contributed by atoms with Crippen molar-refractivity contribution in [2.45, 2.75) is 155 Å². The number of halogens is 1. The fourth-order valence-electron chi connectivity index (χ4n) is 7.99. The number of hydrogen-bond acceptors (Lipinski definition) is 17. The molecule has 0 bridgehead atoms. The maximum absolute atomic E-state index is 13.0. The van der Waals surface area contributed by atoms with Gasteiger partial charge >= 0.3 is 17.9 Å². The van der Waals surface area contributed by atoms with Gasteiger partial charge in [0.1, 0.15) is 34.8 Å². The number of ether oxygens (including phenoxy) is 4. The van der Waals surface area contributed by atoms with Crippen LogP contribution < -0.4 is 31.2 Å². The van der Waals surface area contributed by atoms with Crippen molar-refractivity contribution in [2.24, 2.45) is 5.73 Å². The van der Waals surface area contributed by atoms with Gasteiger partial charge in [-0.1, -0.05) is 12.1 Å². The van der Waals surface area contributed by atoms with Crippen LogP contribution in [0.4, 0.5) is 4.39 Å². The van der Waals surface area contributed by atoms with Crippen molar-refractivity contribution in [2.75, 3.05) is 33.5 Å². The predicted octanol–water partition coefficient (Wildman–Crippen LogP) is 4.25. The summed E-state index contributed by atoms with van der Waals surface area (Å²) in [6.45, 7) is 12.0. The summed E-state index contributed by atoms with van der Waals surface area (Å²) < 4.78 is 37.1. The number of hydrogen-bond donors (Lipinski definition) is 5. The highest BCUT2D eigenvalue weighted by molar-refractivity contribution is 6.25. The van der Waals surface area contributed by atoms with Crippen LogP contribution >= 0.6 is 0 Å². The molecule has 2 aromatic rings. The van der Waals surface area contributed by atoms with E-state index in [0.717, 1.165) is 9.80 Å². The number of fused-ring (bicyclic) bond motifs is 2. The number of carbonyl (C=O) groups is 12. The molecule has 23 nitrogen and oxygen atoms in total. The first-order chi connectivity index (χ1) is 36.7. The Kier molecular flexibility index (Phi) is 24.3. The number of rotatable bonds is 21. The lowest BCUT2D eigenvalue weighted by Crippen LogP contribution is -2.54. The van der Waals surface area contributed by atoms with Crippen LogP contribution in [0.1, 0.15) is 174 Å². The van der Waals surface area contributed by atoms with Gasteiger partial charge in [0.05, 0.1) is 56.8 Å². The molecule has 6 N–H and O–H groups in total. The zero-order valence-electron chi connectivity index (χ0n) is 45.4. The number of amides is 9. The summed E-state index contributed by atoms with van der Waals surface area (Å²) in [7, 11) is -1.00. The number of esters is 2. The van der Waals surface area contributed by atoms with Crippen molar-refractivity contribution in [1.29, 1.82) is 0 Å². The molecule has 4 heterocycles. The summed E-state index contributed by atoms with van der Waals surface area (Å²) in [5.74, 6) is -5.66. The SMILES string of the molecule is CC(C)(C)OC(=O)CCN.CC(C)(C)OC(=O)CCNC(=O)CCCCCOc1cccc2c1C(=O)N(C1CCC(=O)NC1=O)C2=O.O=C(O)CCCCCOc1cccc2c1C(=O)N(C1CCC(=O)NC1=O)C2=O.[2H]CF. The first kappa shape index (κ1) is 61.9. The second-order valence-electron chi connectivity index (χ2n) is 19.8. The number of nitrogens with zero attached hydrogens (tertiary/aromatic N) is 2. The predicted molar refractivity (Wildman–Crippen MR) is 272 cm³/mol. The quantitative estimate of drug-likeness (QED) is 0.0663. The monoisotopic (exact) mass is 1080 g/mol. The second kappa shape index (κ2) is 30.2. The van der Waals surface area contributed by atoms with Crippen molar-refractivity contribution in [3.63, 3.8) is 0 Å². The van der Waals surface area contributed by atoms with E-state index in [1.165, 1.54) is 12.1 Å². The van der Waals surface area contributed by atoms with Gasteiger partial charge in [0, 0.05) is 38.8 Å². The van der Waals surface area contributed by atoms with Crippen LogP contribution in [0.3, 0.4) is 0 Å². The lowest BCUT2D eigenvalue weighted by Gasteiger charge is -2.27. The highest BCUT2D eigenvalue weighted by Gasteiger charge is 2.47. The van der Waals surface area contributed by atoms with Crippen molar-refractivity contribution in [3.05, 3.63) is 58.7 Å². The number of nitrogens with two attached hydrogens (primary N) is 1. The van der Waals surface area contributed by atoms with Crippen LogP contribution in [0.15, 0.2) is 36.4 Å². The number of imide groups is 4. The zero-order chi connectivity index (χ0) is 58.3. The van der Waals surface area contributed by atoms with Crippen LogP contribution in [-0.2, 0) is 47.8 Å². The number of nitrogens with one attached hydrogen (secondary N) is 3. The van der Waals surface area contributed by atoms with Gasteiger partial charge in [-0.2, -0.15) is 0 Å². The molecule has 9 amide bonds. The van der Waals surface area contributed by atoms with Gasteiger partial charge in [-0.25, -0.2) is 0 Å². The van der Waals surface area contributed by atoms with Gasteiger partial charge in [-0.3, -0.25) is 82.4 Å². The minimum atomic E-state index is -1.03. The number of carboxylic acid groups (broad SMARTS) is 1. The number of aliphatic carboxylic acids is 1. The summed E-state index contributed by atoms with van der Waals surface area (Å²) in [4.78, 5) is 145. The third-order valence-corrected chi connectivity index (χ3v) is 11.3. The number of alkyl halides is 1. The van der Waals surface area contributed by atoms with Crippen molar-refractivity contribution in [3.8, 4) is 11.5 Å². The highest BCUT2D eigenvalue weighted by Crippen LogP contribution is 2.35. The van der Waals surface area contributed by atoms with E-state index in [-0.39, 0.29) is 115 Å². The maximum atomic E-state index is 13.0. The van der Waals surface area contributed by atoms with E-state index in [4.69, 9.17) is 31.2 Å². The summed E-state index contributed by atoms with van der Waals surface area (Å²) in [5.41, 5.74) is 4.76. The first-order valence-electron chi connectivity index (χ1n) is 25.9. The average molecular weight is 1080 g/mol. The van der Waals surface area contributed by atoms with E-state index in [2.05, 4.69) is 16.0 Å². The van der Waals surface area contributed by atoms with Crippen LogP contribution in [0, 0.1) is 0 Å². The Balaban J connectivity index is 0.000000342. The van der Waals surface area contributed by atoms with Gasteiger partial charge in [0.2, 0.25) is 29.5 Å². The number of unbranched alkanes of at least 4 members (excludes halogenated alkanes) is 4. The molecule has 0 saturated carbocycles. The minimum absolute atomic E-state index is 0.0505. The molecule has 2 unspecified atom stereocenters. The Morgan fingerprint density at radius 1 is 0.649 bits per heavy atom. The van der Waals surface area contributed by atoms with E-state index in [1.807, 2.05) is 20.8 Å². The van der Waals surface area contributed by atoms with Gasteiger partial charge < -0.3 is 35.1 Å². The summed E-state index contributed by atoms with van der Waals surface area (Å²) in [5, 5.41) is 15.6. The molecular weight excluding hydrogens is 1010 g/mol. The van der Waals surface area contributed by atoms with Crippen LogP contribution in [0.2, 0.25) is 0 Å². The minimum Gasteiger partial charge on any atom is -0.493 e. The van der Waals surface area contributed by atoms with Crippen molar-refractivity contribution in [1.82, 2.24) is 25.8 Å². The Morgan fingerprint density at radius 3 is 1.45 bits per heavy atom. The van der Waals surface area contributed by atoms with E-state index >= 15 is 0 Å². The number of benzene rings is 2. The van der Waals surface area contributed by atoms with Crippen molar-refractivity contribution < 1.29 is 87.3 Å². The molecular formula is C53H71FN6O17. The van der Waals surface area contributed by atoms with Crippen LogP contribution in [-0.4, -0.2) is 143 Å². The summed E-state index contributed by atoms with van der Waals surface area (Å²) in [6, 6.07) is 7.33. The molecule has 4 aliphatic rings. The number of carbonyl (C=O) groups excluding carboxylic acids is 11. The lowest BCUT2D eigenvalue weighted by molar-refractivity contribution is -0.155. The summed E-state index contributed by atoms with van der Waals surface area (Å²) in [6.07, 6.45) is 4.84. The Hall–Kier alpha value is -7.63. The molecule has 2 atom stereocenters. The van der Waals surface area contributed by atoms with Gasteiger partial charge in [0.15, 0.2) is 0 Å². The molecule has 2 aromatic carbocycles. The third kappa shape index (κ3) is 19.8. The summed E-state index contributed by atoms with van der Waals surface area (Å²) >= 11 is 0. The average Bonchev–Trinajstić information content (AvgIpc) is 3.75. The Labute approximate surface area is 447 Å². The van der Waals surface area contributed by atoms with Crippen LogP contribution in [0.25, 0.3) is 0 Å². The van der Waals surface area contributed by atoms with E-state index in [0.29, 0.717) is 57.9 Å². The molecule has 0 spiro atoms. The number of piperidine rings is 2. The largest absolute Gasteiger partial charge is 0.493 e. The third-order valence-electron chi connectivity index (χ3n) is 11.3. The molecule has 0 aromatic heterocycles. The van der Waals surface area contributed by atoms with E-state index in [9.17, 15) is 61.9 Å². The molecule has 77 heavy (non-hydrogen) atoms. The van der Waals surface area contributed by atoms with E-state index < -0.39 is 78.1 Å². The van der Waals surface area contributed by atoms with Crippen LogP contribution in [0.5, 0.6) is 11.5 Å². The fraction of sp³-hybridized carbons (Fsp3) is 0.547. The van der Waals surface area contributed by atoms with Gasteiger partial charge in [-0.05, 0) is 117 Å². The highest BCUT2D eigenvalue weighted by atomic mass is 19.1. The van der Waals surface area contributed by atoms with Gasteiger partial charge in [-0.15, -0.1) is 0 Å². The molecule has 24 heteroatoms. The first-order valence-corrected chi connectivity index (χ1v) is 25.2. The molecule has 2 fully saturated rings. The smallest absolute Gasteiger partial charge is 0.308 e. The lowest BCUT2D eigenvalue weighted by atomic mass is 10.0. The molecule has 2 saturated heterocycles. The molecule has 0 aliphatic carbocycles. The van der Waals surface area contributed by atoms with E-state index in [1.54, 1.807) is 45.0 Å². The second-order valence-corrected chi connectivity index (χ2v) is 19.8. The topological polar surface area (TPSA) is 331 Å². The van der Waals surface area contributed by atoms with Gasteiger partial charge in [0.25, 0.3) is 23.6 Å². The normalized spacial score (nSPS) is 16.9. The molecule has 0 radical (unpaired) electrons. The standard InChI is InChI=1S/C26H33N3O8.C19H20N2O7.C7H15NO2.CH3F/c1-26(2,3)37-21(32)13-14-27-19(30)10-5-4-6-15-36-18-9-7-8-16-22(18)25(35)29(24(16)34)17-11-12-20(31)28-23(17)33;22-14-9-8-12(17(25)20-14)21-18(26)11-5-4-6-13(16(11)19(21)27)28-10-3-1-2-7-15(23)24;1-7(2,3)10-6(9)4-5-8;1-2/h7-9,17H,4-6,10-15H2,1-3H3,(H,27,30)(H,28,31,33);4-6,12H,1-3,7-10H2,(H,23,24)(H,20,22,25);4-5,8H2,1-3H3;1H3/i;;;1D. The fourth-order valence-corrected chi connectivity index (χ4v) is 7.99. The Bertz CT molecular complexity index is 2540. The zero-order valence-corrected chi connectivity index (χ0v) is 44.4. The molecule has 4 aliphatic heterocycles. The molecule has 6 rings (SSSR count). The van der Waals surface area contributed by atoms with Crippen molar-refractivity contribution >= 4 is 71.1 Å². The molecule has 422 valence electrons. The maximum Gasteiger partial charge on any atom is 0.308 e. The number of carboxylic acids is 1.